The fraction of sp³-hybridized carbons (Fsp3) is 0.667. The Morgan fingerprint density at radius 3 is 2.74 bits per heavy atom. The number of aromatic nitrogens is 4. The van der Waals surface area contributed by atoms with Crippen LogP contribution in [0.15, 0.2) is 23.0 Å². The summed E-state index contributed by atoms with van der Waals surface area (Å²) in [6.45, 7) is 3.48. The quantitative estimate of drug-likeness (QED) is 0.759. The van der Waals surface area contributed by atoms with Crippen LogP contribution in [0.4, 0.5) is 0 Å². The number of hydrogen-bond donors (Lipinski definition) is 0. The van der Waals surface area contributed by atoms with Crippen molar-refractivity contribution in [2.75, 3.05) is 41.3 Å². The van der Waals surface area contributed by atoms with E-state index in [9.17, 15) is 0 Å². The van der Waals surface area contributed by atoms with Crippen LogP contribution < -0.4 is 0 Å². The normalized spacial score (nSPS) is 22.5. The van der Waals surface area contributed by atoms with Gasteiger partial charge in [-0.15, -0.1) is 5.10 Å². The van der Waals surface area contributed by atoms with Gasteiger partial charge in [0.2, 0.25) is 0 Å². The predicted octanol–water partition coefficient (Wildman–Crippen LogP) is 0.315. The Bertz CT molecular complexity index is 607. The molecule has 0 radical (unpaired) electrons. The highest BCUT2D eigenvalue weighted by molar-refractivity contribution is 5.06. The minimum atomic E-state index is 0.306. The van der Waals surface area contributed by atoms with E-state index < -0.39 is 0 Å². The molecular weight excluding hydrogens is 294 g/mol. The first-order valence-corrected chi connectivity index (χ1v) is 7.86. The number of rotatable bonds is 6. The molecule has 2 atom stereocenters. The third kappa shape index (κ3) is 3.77. The molecule has 1 fully saturated rings. The van der Waals surface area contributed by atoms with Crippen LogP contribution in [0.25, 0.3) is 0 Å². The molecule has 3 rings (SSSR count). The molecule has 2 aromatic heterocycles. The van der Waals surface area contributed by atoms with Crippen molar-refractivity contribution in [1.29, 1.82) is 0 Å². The summed E-state index contributed by atoms with van der Waals surface area (Å²) in [5, 5.41) is 12.3. The van der Waals surface area contributed by atoms with Crippen LogP contribution in [0.1, 0.15) is 17.5 Å². The van der Waals surface area contributed by atoms with Crippen LogP contribution >= 0.6 is 0 Å². The van der Waals surface area contributed by atoms with Crippen molar-refractivity contribution >= 4 is 0 Å². The van der Waals surface area contributed by atoms with Crippen LogP contribution in [0.5, 0.6) is 0 Å². The van der Waals surface area contributed by atoms with Crippen molar-refractivity contribution in [2.45, 2.75) is 25.2 Å². The standard InChI is InChI=1S/C15H25N7O/c1-19(2)9-13-7-12(17-23-13)8-21-10-14(20(3)4)15(11-21)22-6-5-16-18-22/h5-7,14-15H,8-11H2,1-4H3/t14-,15+/m1/s1. The minimum absolute atomic E-state index is 0.306. The SMILES string of the molecule is CN(C)Cc1cc(CN2C[C@@H](N(C)C)[C@@H](n3ccnn3)C2)no1. The number of hydrogen-bond acceptors (Lipinski definition) is 7. The zero-order valence-electron chi connectivity index (χ0n) is 14.3. The van der Waals surface area contributed by atoms with E-state index in [0.717, 1.165) is 37.6 Å². The topological polar surface area (TPSA) is 66.5 Å². The molecule has 2 aromatic rings. The molecule has 0 N–H and O–H groups in total. The van der Waals surface area contributed by atoms with Crippen molar-refractivity contribution in [3.05, 3.63) is 29.9 Å². The predicted molar refractivity (Wildman–Crippen MR) is 85.7 cm³/mol. The van der Waals surface area contributed by atoms with Gasteiger partial charge in [-0.05, 0) is 28.2 Å². The number of nitrogens with zero attached hydrogens (tertiary/aromatic N) is 7. The lowest BCUT2D eigenvalue weighted by Gasteiger charge is -2.24. The monoisotopic (exact) mass is 319 g/mol. The van der Waals surface area contributed by atoms with Gasteiger partial charge in [0.25, 0.3) is 0 Å². The molecule has 0 aliphatic carbocycles. The van der Waals surface area contributed by atoms with E-state index in [0.29, 0.717) is 12.1 Å². The summed E-state index contributed by atoms with van der Waals surface area (Å²) in [5.41, 5.74) is 0.985. The first kappa shape index (κ1) is 16.1. The fourth-order valence-corrected chi connectivity index (χ4v) is 3.18. The second kappa shape index (κ2) is 6.77. The average molecular weight is 319 g/mol. The smallest absolute Gasteiger partial charge is 0.150 e. The highest BCUT2D eigenvalue weighted by Gasteiger charge is 2.36. The molecule has 0 spiro atoms. The summed E-state index contributed by atoms with van der Waals surface area (Å²) in [4.78, 5) is 6.73. The Kier molecular flexibility index (Phi) is 4.74. The molecule has 3 heterocycles. The zero-order chi connectivity index (χ0) is 16.4. The summed E-state index contributed by atoms with van der Waals surface area (Å²) >= 11 is 0. The van der Waals surface area contributed by atoms with Crippen molar-refractivity contribution in [2.24, 2.45) is 0 Å². The summed E-state index contributed by atoms with van der Waals surface area (Å²) in [7, 11) is 8.27. The second-order valence-electron chi connectivity index (χ2n) is 6.70. The Balaban J connectivity index is 1.66. The maximum atomic E-state index is 5.40. The maximum Gasteiger partial charge on any atom is 0.150 e. The molecule has 0 unspecified atom stereocenters. The van der Waals surface area contributed by atoms with Gasteiger partial charge < -0.3 is 14.3 Å². The van der Waals surface area contributed by atoms with E-state index in [-0.39, 0.29) is 0 Å². The molecule has 1 aliphatic rings. The van der Waals surface area contributed by atoms with Gasteiger partial charge in [-0.2, -0.15) is 0 Å². The van der Waals surface area contributed by atoms with E-state index >= 15 is 0 Å². The maximum absolute atomic E-state index is 5.40. The third-order valence-electron chi connectivity index (χ3n) is 4.24. The van der Waals surface area contributed by atoms with E-state index in [1.54, 1.807) is 6.20 Å². The molecule has 0 amide bonds. The van der Waals surface area contributed by atoms with Crippen LogP contribution in [0, 0.1) is 0 Å². The van der Waals surface area contributed by atoms with Gasteiger partial charge in [0.15, 0.2) is 5.76 Å². The molecule has 0 aromatic carbocycles. The Labute approximate surface area is 136 Å². The first-order valence-electron chi connectivity index (χ1n) is 7.86. The lowest BCUT2D eigenvalue weighted by molar-refractivity contribution is 0.236. The van der Waals surface area contributed by atoms with Gasteiger partial charge in [0.1, 0.15) is 0 Å². The van der Waals surface area contributed by atoms with Gasteiger partial charge >= 0.3 is 0 Å². The molecule has 1 saturated heterocycles. The van der Waals surface area contributed by atoms with Gasteiger partial charge in [-0.1, -0.05) is 10.4 Å². The average Bonchev–Trinajstić information content (AvgIpc) is 3.18. The molecule has 0 saturated carbocycles. The van der Waals surface area contributed by atoms with Crippen LogP contribution in [-0.4, -0.2) is 82.2 Å². The highest BCUT2D eigenvalue weighted by atomic mass is 16.5. The lowest BCUT2D eigenvalue weighted by atomic mass is 10.1. The lowest BCUT2D eigenvalue weighted by Crippen LogP contribution is -2.36. The second-order valence-corrected chi connectivity index (χ2v) is 6.70. The summed E-state index contributed by atoms with van der Waals surface area (Å²) in [6, 6.07) is 2.76. The van der Waals surface area contributed by atoms with Crippen LogP contribution in [-0.2, 0) is 13.1 Å². The van der Waals surface area contributed by atoms with Gasteiger partial charge in [0.05, 0.1) is 24.5 Å². The van der Waals surface area contributed by atoms with Crippen molar-refractivity contribution in [1.82, 2.24) is 34.9 Å². The van der Waals surface area contributed by atoms with Gasteiger partial charge in [-0.25, -0.2) is 4.68 Å². The van der Waals surface area contributed by atoms with Crippen molar-refractivity contribution in [3.63, 3.8) is 0 Å². The van der Waals surface area contributed by atoms with E-state index in [1.165, 1.54) is 0 Å². The summed E-state index contributed by atoms with van der Waals surface area (Å²) in [6.07, 6.45) is 3.68. The molecule has 8 heteroatoms. The first-order chi connectivity index (χ1) is 11.0. The Morgan fingerprint density at radius 1 is 1.26 bits per heavy atom. The van der Waals surface area contributed by atoms with Gasteiger partial charge in [-0.3, -0.25) is 4.90 Å². The van der Waals surface area contributed by atoms with E-state index in [4.69, 9.17) is 4.52 Å². The number of likely N-dealkylation sites (N-methyl/N-ethyl adjacent to an activating group) is 1. The highest BCUT2D eigenvalue weighted by Crippen LogP contribution is 2.25. The van der Waals surface area contributed by atoms with Crippen molar-refractivity contribution < 1.29 is 4.52 Å². The third-order valence-corrected chi connectivity index (χ3v) is 4.24. The largest absolute Gasteiger partial charge is 0.360 e. The number of likely N-dealkylation sites (tertiary alicyclic amines) is 1. The molecule has 126 valence electrons. The minimum Gasteiger partial charge on any atom is -0.360 e. The van der Waals surface area contributed by atoms with E-state index in [2.05, 4.69) is 44.3 Å². The molecule has 23 heavy (non-hydrogen) atoms. The van der Waals surface area contributed by atoms with Crippen molar-refractivity contribution in [3.8, 4) is 0 Å². The Morgan fingerprint density at radius 2 is 2.09 bits per heavy atom. The summed E-state index contributed by atoms with van der Waals surface area (Å²) in [5.74, 6) is 0.904. The van der Waals surface area contributed by atoms with Crippen LogP contribution in [0.3, 0.4) is 0 Å². The van der Waals surface area contributed by atoms with Gasteiger partial charge in [0, 0.05) is 37.9 Å². The molecular formula is C15H25N7O. The Hall–Kier alpha value is -1.77. The molecule has 8 nitrogen and oxygen atoms in total. The van der Waals surface area contributed by atoms with E-state index in [1.807, 2.05) is 31.0 Å². The summed E-state index contributed by atoms with van der Waals surface area (Å²) < 4.78 is 7.37. The molecule has 0 bridgehead atoms. The zero-order valence-corrected chi connectivity index (χ0v) is 14.3. The molecule has 1 aliphatic heterocycles. The fourth-order valence-electron chi connectivity index (χ4n) is 3.18. The van der Waals surface area contributed by atoms with Crippen LogP contribution in [0.2, 0.25) is 0 Å².